The van der Waals surface area contributed by atoms with Crippen molar-refractivity contribution in [1.82, 2.24) is 20.0 Å². The minimum absolute atomic E-state index is 0.239. The summed E-state index contributed by atoms with van der Waals surface area (Å²) in [6.07, 6.45) is 2.28. The predicted octanol–water partition coefficient (Wildman–Crippen LogP) is 5.28. The Labute approximate surface area is 191 Å². The van der Waals surface area contributed by atoms with Crippen molar-refractivity contribution in [3.8, 4) is 0 Å². The number of aryl methyl sites for hydroxylation is 2. The van der Waals surface area contributed by atoms with Crippen LogP contribution in [0.4, 0.5) is 0 Å². The monoisotopic (exact) mass is 455 g/mol. The fourth-order valence-electron chi connectivity index (χ4n) is 3.80. The van der Waals surface area contributed by atoms with Gasteiger partial charge in [-0.05, 0) is 51.0 Å². The first-order chi connectivity index (χ1) is 14.6. The van der Waals surface area contributed by atoms with Crippen molar-refractivity contribution < 1.29 is 4.79 Å². The summed E-state index contributed by atoms with van der Waals surface area (Å²) in [6, 6.07) is 11.6. The first-order valence-electron chi connectivity index (χ1n) is 9.97. The Morgan fingerprint density at radius 1 is 1.10 bits per heavy atom. The van der Waals surface area contributed by atoms with Crippen LogP contribution in [0.25, 0.3) is 0 Å². The van der Waals surface area contributed by atoms with Crippen LogP contribution in [0.1, 0.15) is 53.0 Å². The molecule has 0 saturated carbocycles. The summed E-state index contributed by atoms with van der Waals surface area (Å²) < 4.78 is 1.58. The molecule has 1 aromatic heterocycles. The zero-order valence-electron chi connectivity index (χ0n) is 17.9. The Balaban J connectivity index is 1.58. The van der Waals surface area contributed by atoms with Crippen LogP contribution >= 0.6 is 23.2 Å². The van der Waals surface area contributed by atoms with E-state index in [1.165, 1.54) is 16.1 Å². The lowest BCUT2D eigenvalue weighted by atomic mass is 9.93. The summed E-state index contributed by atoms with van der Waals surface area (Å²) in [5.41, 5.74) is 4.89. The van der Waals surface area contributed by atoms with E-state index in [2.05, 4.69) is 47.5 Å². The molecule has 6 nitrogen and oxygen atoms in total. The SMILES string of the molecule is Cc1cc(C)cc(C2=NN(C(=O)c3cn(Cc4ccc(Cl)cc4Cl)nn3)C(C)(C)C2)c1. The van der Waals surface area contributed by atoms with E-state index >= 15 is 0 Å². The van der Waals surface area contributed by atoms with Gasteiger partial charge in [0.25, 0.3) is 5.91 Å². The van der Waals surface area contributed by atoms with Gasteiger partial charge in [0.1, 0.15) is 0 Å². The molecular weight excluding hydrogens is 433 g/mol. The van der Waals surface area contributed by atoms with Crippen molar-refractivity contribution in [2.75, 3.05) is 0 Å². The van der Waals surface area contributed by atoms with Gasteiger partial charge in [-0.25, -0.2) is 9.69 Å². The molecule has 2 heterocycles. The molecule has 0 atom stereocenters. The molecule has 0 saturated heterocycles. The summed E-state index contributed by atoms with van der Waals surface area (Å²) >= 11 is 12.2. The molecule has 0 unspecified atom stereocenters. The number of carbonyl (C=O) groups is 1. The zero-order chi connectivity index (χ0) is 22.3. The summed E-state index contributed by atoms with van der Waals surface area (Å²) in [6.45, 7) is 8.51. The number of hydrogen-bond acceptors (Lipinski definition) is 4. The third-order valence-corrected chi connectivity index (χ3v) is 5.83. The minimum Gasteiger partial charge on any atom is -0.265 e. The van der Waals surface area contributed by atoms with Gasteiger partial charge in [0.05, 0.1) is 24.0 Å². The van der Waals surface area contributed by atoms with Gasteiger partial charge in [-0.2, -0.15) is 5.10 Å². The second kappa shape index (κ2) is 8.09. The summed E-state index contributed by atoms with van der Waals surface area (Å²) in [7, 11) is 0. The van der Waals surface area contributed by atoms with E-state index in [0.717, 1.165) is 16.8 Å². The maximum absolute atomic E-state index is 13.2. The fraction of sp³-hybridized carbons (Fsp3) is 0.304. The van der Waals surface area contributed by atoms with Gasteiger partial charge < -0.3 is 0 Å². The molecule has 31 heavy (non-hydrogen) atoms. The maximum Gasteiger partial charge on any atom is 0.296 e. The molecule has 8 heteroatoms. The standard InChI is InChI=1S/C23H23Cl2N5O/c1-14-7-15(2)9-17(8-14)20-11-23(3,4)30(27-20)22(31)21-13-29(28-26-21)12-16-5-6-18(24)10-19(16)25/h5-10,13H,11-12H2,1-4H3. The normalized spacial score (nSPS) is 15.3. The van der Waals surface area contributed by atoms with E-state index in [4.69, 9.17) is 23.2 Å². The lowest BCUT2D eigenvalue weighted by molar-refractivity contribution is 0.0606. The Morgan fingerprint density at radius 2 is 1.81 bits per heavy atom. The van der Waals surface area contributed by atoms with Crippen LogP contribution in [0.15, 0.2) is 47.7 Å². The topological polar surface area (TPSA) is 63.4 Å². The van der Waals surface area contributed by atoms with Crippen LogP contribution in [0.2, 0.25) is 10.0 Å². The van der Waals surface area contributed by atoms with Gasteiger partial charge in [0.2, 0.25) is 0 Å². The van der Waals surface area contributed by atoms with Gasteiger partial charge in [-0.1, -0.05) is 63.8 Å². The van der Waals surface area contributed by atoms with Crippen molar-refractivity contribution in [3.05, 3.63) is 80.6 Å². The maximum atomic E-state index is 13.2. The van der Waals surface area contributed by atoms with E-state index in [1.807, 2.05) is 19.9 Å². The molecule has 0 aliphatic carbocycles. The Hall–Kier alpha value is -2.70. The minimum atomic E-state index is -0.465. The first-order valence-corrected chi connectivity index (χ1v) is 10.7. The van der Waals surface area contributed by atoms with E-state index in [-0.39, 0.29) is 11.6 Å². The molecule has 0 N–H and O–H groups in total. The fourth-order valence-corrected chi connectivity index (χ4v) is 4.27. The van der Waals surface area contributed by atoms with Crippen molar-refractivity contribution in [1.29, 1.82) is 0 Å². The van der Waals surface area contributed by atoms with Gasteiger partial charge in [-0.3, -0.25) is 4.79 Å². The Morgan fingerprint density at radius 3 is 2.48 bits per heavy atom. The van der Waals surface area contributed by atoms with E-state index < -0.39 is 5.54 Å². The average molecular weight is 456 g/mol. The van der Waals surface area contributed by atoms with Crippen molar-refractivity contribution in [3.63, 3.8) is 0 Å². The third kappa shape index (κ3) is 4.50. The molecule has 0 spiro atoms. The first kappa shape index (κ1) is 21.5. The van der Waals surface area contributed by atoms with Crippen molar-refractivity contribution in [2.24, 2.45) is 5.10 Å². The van der Waals surface area contributed by atoms with E-state index in [0.29, 0.717) is 23.0 Å². The molecule has 1 aliphatic rings. The van der Waals surface area contributed by atoms with Crippen LogP contribution in [-0.4, -0.2) is 37.2 Å². The molecule has 160 valence electrons. The highest BCUT2D eigenvalue weighted by atomic mass is 35.5. The van der Waals surface area contributed by atoms with Gasteiger partial charge in [0, 0.05) is 16.5 Å². The number of aromatic nitrogens is 3. The number of hydrazone groups is 1. The second-order valence-electron chi connectivity index (χ2n) is 8.57. The summed E-state index contributed by atoms with van der Waals surface area (Å²) in [5, 5.41) is 15.5. The molecule has 1 aliphatic heterocycles. The molecule has 3 aromatic rings. The van der Waals surface area contributed by atoms with Crippen LogP contribution in [-0.2, 0) is 6.54 Å². The molecule has 0 radical (unpaired) electrons. The number of amides is 1. The summed E-state index contributed by atoms with van der Waals surface area (Å²) in [5.74, 6) is -0.280. The Bertz CT molecular complexity index is 1180. The molecular formula is C23H23Cl2N5O. The van der Waals surface area contributed by atoms with Crippen LogP contribution in [0.5, 0.6) is 0 Å². The molecule has 1 amide bonds. The number of benzene rings is 2. The van der Waals surface area contributed by atoms with Crippen LogP contribution < -0.4 is 0 Å². The lowest BCUT2D eigenvalue weighted by Crippen LogP contribution is -2.41. The highest BCUT2D eigenvalue weighted by Gasteiger charge is 2.39. The predicted molar refractivity (Wildman–Crippen MR) is 123 cm³/mol. The van der Waals surface area contributed by atoms with Crippen LogP contribution in [0.3, 0.4) is 0 Å². The van der Waals surface area contributed by atoms with Gasteiger partial charge in [-0.15, -0.1) is 5.10 Å². The van der Waals surface area contributed by atoms with Crippen LogP contribution in [0, 0.1) is 13.8 Å². The lowest BCUT2D eigenvalue weighted by Gasteiger charge is -2.27. The molecule has 0 bridgehead atoms. The van der Waals surface area contributed by atoms with E-state index in [9.17, 15) is 4.79 Å². The highest BCUT2D eigenvalue weighted by molar-refractivity contribution is 6.35. The number of halogens is 2. The number of carbonyl (C=O) groups excluding carboxylic acids is 1. The quantitative estimate of drug-likeness (QED) is 0.537. The van der Waals surface area contributed by atoms with Gasteiger partial charge in [0.15, 0.2) is 5.69 Å². The number of hydrogen-bond donors (Lipinski definition) is 0. The molecule has 4 rings (SSSR count). The second-order valence-corrected chi connectivity index (χ2v) is 9.41. The molecule has 0 fully saturated rings. The number of nitrogens with zero attached hydrogens (tertiary/aromatic N) is 5. The van der Waals surface area contributed by atoms with Crippen molar-refractivity contribution >= 4 is 34.8 Å². The average Bonchev–Trinajstić information content (AvgIpc) is 3.26. The molecule has 2 aromatic carbocycles. The Kier molecular flexibility index (Phi) is 5.62. The largest absolute Gasteiger partial charge is 0.296 e. The van der Waals surface area contributed by atoms with E-state index in [1.54, 1.807) is 23.0 Å². The highest BCUT2D eigenvalue weighted by Crippen LogP contribution is 2.31. The third-order valence-electron chi connectivity index (χ3n) is 5.25. The van der Waals surface area contributed by atoms with Gasteiger partial charge >= 0.3 is 0 Å². The van der Waals surface area contributed by atoms with Crippen molar-refractivity contribution in [2.45, 2.75) is 46.2 Å². The zero-order valence-corrected chi connectivity index (χ0v) is 19.4. The summed E-state index contributed by atoms with van der Waals surface area (Å²) in [4.78, 5) is 13.2. The number of rotatable bonds is 4. The smallest absolute Gasteiger partial charge is 0.265 e.